The topological polar surface area (TPSA) is 37.3 Å². The summed E-state index contributed by atoms with van der Waals surface area (Å²) in [4.78, 5) is 10.9. The second kappa shape index (κ2) is 2.59. The van der Waals surface area contributed by atoms with E-state index in [2.05, 4.69) is 12.1 Å². The summed E-state index contributed by atoms with van der Waals surface area (Å²) < 4.78 is 0. The minimum Gasteiger partial charge on any atom is -0.481 e. The summed E-state index contributed by atoms with van der Waals surface area (Å²) in [5, 5.41) is 9.01. The highest BCUT2D eigenvalue weighted by Crippen LogP contribution is 2.54. The molecular weight excluding hydrogens is 176 g/mol. The van der Waals surface area contributed by atoms with Crippen molar-refractivity contribution in [1.29, 1.82) is 0 Å². The van der Waals surface area contributed by atoms with Crippen LogP contribution in [0.5, 0.6) is 0 Å². The van der Waals surface area contributed by atoms with Crippen LogP contribution in [0.2, 0.25) is 0 Å². The third kappa shape index (κ3) is 0.884. The largest absolute Gasteiger partial charge is 0.481 e. The van der Waals surface area contributed by atoms with Crippen molar-refractivity contribution in [2.75, 3.05) is 0 Å². The van der Waals surface area contributed by atoms with E-state index in [1.807, 2.05) is 12.1 Å². The molecule has 3 atom stereocenters. The van der Waals surface area contributed by atoms with Crippen LogP contribution in [-0.2, 0) is 11.2 Å². The monoisotopic (exact) mass is 188 g/mol. The van der Waals surface area contributed by atoms with E-state index in [-0.39, 0.29) is 5.92 Å². The zero-order valence-corrected chi connectivity index (χ0v) is 7.81. The molecule has 0 heterocycles. The van der Waals surface area contributed by atoms with Gasteiger partial charge in [0.1, 0.15) is 0 Å². The normalized spacial score (nSPS) is 33.0. The molecule has 2 nitrogen and oxygen atoms in total. The van der Waals surface area contributed by atoms with Gasteiger partial charge in [-0.3, -0.25) is 4.79 Å². The molecule has 1 aromatic carbocycles. The van der Waals surface area contributed by atoms with Crippen LogP contribution in [0.1, 0.15) is 23.5 Å². The highest BCUT2D eigenvalue weighted by Gasteiger charge is 2.50. The second-order valence-corrected chi connectivity index (χ2v) is 4.37. The number of fused-ring (bicyclic) bond motifs is 3. The van der Waals surface area contributed by atoms with Gasteiger partial charge in [-0.1, -0.05) is 24.3 Å². The molecule has 0 aromatic heterocycles. The Kier molecular flexibility index (Phi) is 1.49. The van der Waals surface area contributed by atoms with Crippen LogP contribution in [0.15, 0.2) is 24.3 Å². The number of benzene rings is 1. The number of carbonyl (C=O) groups is 1. The van der Waals surface area contributed by atoms with Gasteiger partial charge in [-0.15, -0.1) is 0 Å². The lowest BCUT2D eigenvalue weighted by Gasteiger charge is -2.37. The Morgan fingerprint density at radius 3 is 2.93 bits per heavy atom. The molecule has 1 N–H and O–H groups in total. The summed E-state index contributed by atoms with van der Waals surface area (Å²) in [5.74, 6) is 0.170. The van der Waals surface area contributed by atoms with E-state index < -0.39 is 5.97 Å². The van der Waals surface area contributed by atoms with E-state index in [0.29, 0.717) is 11.8 Å². The lowest BCUT2D eigenvalue weighted by atomic mass is 9.65. The van der Waals surface area contributed by atoms with Crippen molar-refractivity contribution in [3.63, 3.8) is 0 Å². The molecule has 0 saturated heterocycles. The fourth-order valence-electron chi connectivity index (χ4n) is 3.02. The van der Waals surface area contributed by atoms with Crippen LogP contribution in [0.25, 0.3) is 0 Å². The fraction of sp³-hybridized carbons (Fsp3) is 0.417. The van der Waals surface area contributed by atoms with Crippen molar-refractivity contribution in [2.24, 2.45) is 11.8 Å². The van der Waals surface area contributed by atoms with Crippen molar-refractivity contribution in [1.82, 2.24) is 0 Å². The van der Waals surface area contributed by atoms with Gasteiger partial charge in [0.2, 0.25) is 0 Å². The highest BCUT2D eigenvalue weighted by molar-refractivity contribution is 5.73. The molecule has 0 aliphatic heterocycles. The Labute approximate surface area is 82.6 Å². The molecule has 0 radical (unpaired) electrons. The highest BCUT2D eigenvalue weighted by atomic mass is 16.4. The molecule has 1 aromatic rings. The standard InChI is InChI=1S/C12H12O2/c13-12(14)10-6-8-5-7-3-1-2-4-9(7)11(8)10/h1-4,8,10-11H,5-6H2,(H,13,14)/t8-,10-,11+/m0/s1. The zero-order valence-electron chi connectivity index (χ0n) is 7.81. The molecule has 72 valence electrons. The number of aliphatic carboxylic acids is 1. The maximum Gasteiger partial charge on any atom is 0.307 e. The van der Waals surface area contributed by atoms with Gasteiger partial charge in [-0.25, -0.2) is 0 Å². The lowest BCUT2D eigenvalue weighted by molar-refractivity contribution is -0.147. The number of carboxylic acids is 1. The van der Waals surface area contributed by atoms with Crippen LogP contribution in [0.3, 0.4) is 0 Å². The molecule has 2 aliphatic rings. The summed E-state index contributed by atoms with van der Waals surface area (Å²) >= 11 is 0. The van der Waals surface area contributed by atoms with Crippen molar-refractivity contribution in [3.8, 4) is 0 Å². The minimum absolute atomic E-state index is 0.122. The molecule has 0 spiro atoms. The van der Waals surface area contributed by atoms with Gasteiger partial charge < -0.3 is 5.11 Å². The van der Waals surface area contributed by atoms with E-state index in [1.54, 1.807) is 0 Å². The van der Waals surface area contributed by atoms with Crippen molar-refractivity contribution >= 4 is 5.97 Å². The molecular formula is C12H12O2. The average Bonchev–Trinajstić information content (AvgIpc) is 2.38. The quantitative estimate of drug-likeness (QED) is 0.732. The Morgan fingerprint density at radius 2 is 2.14 bits per heavy atom. The van der Waals surface area contributed by atoms with Gasteiger partial charge in [0, 0.05) is 5.92 Å². The van der Waals surface area contributed by atoms with E-state index in [9.17, 15) is 4.79 Å². The maximum atomic E-state index is 10.9. The van der Waals surface area contributed by atoms with Gasteiger partial charge in [0.25, 0.3) is 0 Å². The SMILES string of the molecule is O=C(O)[C@H]1C[C@@H]2Cc3ccccc3[C@@H]21. The minimum atomic E-state index is -0.622. The lowest BCUT2D eigenvalue weighted by Crippen LogP contribution is -2.37. The molecule has 0 bridgehead atoms. The van der Waals surface area contributed by atoms with Crippen molar-refractivity contribution in [3.05, 3.63) is 35.4 Å². The molecule has 0 amide bonds. The summed E-state index contributed by atoms with van der Waals surface area (Å²) in [7, 11) is 0. The maximum absolute atomic E-state index is 10.9. The molecule has 2 aliphatic carbocycles. The Hall–Kier alpha value is -1.31. The number of hydrogen-bond donors (Lipinski definition) is 1. The smallest absolute Gasteiger partial charge is 0.307 e. The van der Waals surface area contributed by atoms with Gasteiger partial charge in [0.15, 0.2) is 0 Å². The molecule has 14 heavy (non-hydrogen) atoms. The second-order valence-electron chi connectivity index (χ2n) is 4.37. The summed E-state index contributed by atoms with van der Waals surface area (Å²) in [5.41, 5.74) is 2.66. The van der Waals surface area contributed by atoms with Gasteiger partial charge >= 0.3 is 5.97 Å². The number of hydrogen-bond acceptors (Lipinski definition) is 1. The van der Waals surface area contributed by atoms with E-state index in [4.69, 9.17) is 5.11 Å². The van der Waals surface area contributed by atoms with Crippen LogP contribution < -0.4 is 0 Å². The predicted molar refractivity (Wildman–Crippen MR) is 52.1 cm³/mol. The first kappa shape index (κ1) is 8.04. The van der Waals surface area contributed by atoms with Crippen LogP contribution in [0.4, 0.5) is 0 Å². The van der Waals surface area contributed by atoms with E-state index >= 15 is 0 Å². The van der Waals surface area contributed by atoms with Crippen molar-refractivity contribution < 1.29 is 9.90 Å². The first-order valence-corrected chi connectivity index (χ1v) is 5.08. The molecule has 0 unspecified atom stereocenters. The number of carboxylic acid groups (broad SMARTS) is 1. The average molecular weight is 188 g/mol. The molecule has 1 fully saturated rings. The summed E-state index contributed by atoms with van der Waals surface area (Å²) in [6, 6.07) is 8.28. The Balaban J connectivity index is 1.99. The summed E-state index contributed by atoms with van der Waals surface area (Å²) in [6.45, 7) is 0. The van der Waals surface area contributed by atoms with E-state index in [0.717, 1.165) is 12.8 Å². The van der Waals surface area contributed by atoms with Crippen LogP contribution >= 0.6 is 0 Å². The Bertz CT molecular complexity index is 397. The molecule has 1 saturated carbocycles. The van der Waals surface area contributed by atoms with Gasteiger partial charge in [-0.2, -0.15) is 0 Å². The van der Waals surface area contributed by atoms with Gasteiger partial charge in [0.05, 0.1) is 5.92 Å². The number of rotatable bonds is 1. The van der Waals surface area contributed by atoms with Crippen LogP contribution in [0, 0.1) is 11.8 Å². The molecule has 3 rings (SSSR count). The predicted octanol–water partition coefficient (Wildman–Crippen LogP) is 2.05. The first-order valence-electron chi connectivity index (χ1n) is 5.08. The summed E-state index contributed by atoms with van der Waals surface area (Å²) in [6.07, 6.45) is 1.96. The van der Waals surface area contributed by atoms with Gasteiger partial charge in [-0.05, 0) is 29.9 Å². The fourth-order valence-corrected chi connectivity index (χ4v) is 3.02. The third-order valence-electron chi connectivity index (χ3n) is 3.71. The van der Waals surface area contributed by atoms with E-state index in [1.165, 1.54) is 11.1 Å². The molecule has 2 heteroatoms. The Morgan fingerprint density at radius 1 is 1.36 bits per heavy atom. The third-order valence-corrected chi connectivity index (χ3v) is 3.71. The van der Waals surface area contributed by atoms with Crippen LogP contribution in [-0.4, -0.2) is 11.1 Å². The first-order chi connectivity index (χ1) is 6.77. The van der Waals surface area contributed by atoms with Crippen molar-refractivity contribution in [2.45, 2.75) is 18.8 Å². The zero-order chi connectivity index (χ0) is 9.71.